The van der Waals surface area contributed by atoms with E-state index in [9.17, 15) is 14.3 Å². The van der Waals surface area contributed by atoms with Crippen molar-refractivity contribution in [3.8, 4) is 0 Å². The molecule has 22 heavy (non-hydrogen) atoms. The van der Waals surface area contributed by atoms with E-state index in [1.54, 1.807) is 12.1 Å². The van der Waals surface area contributed by atoms with Crippen molar-refractivity contribution < 1.29 is 23.4 Å². The summed E-state index contributed by atoms with van der Waals surface area (Å²) in [6, 6.07) is 5.97. The maximum atomic E-state index is 13.5. The zero-order valence-corrected chi connectivity index (χ0v) is 12.0. The summed E-state index contributed by atoms with van der Waals surface area (Å²) in [4.78, 5) is 11.9. The van der Waals surface area contributed by atoms with Gasteiger partial charge in [-0.25, -0.2) is 4.39 Å². The van der Waals surface area contributed by atoms with Crippen LogP contribution >= 0.6 is 0 Å². The second kappa shape index (κ2) is 6.46. The Labute approximate surface area is 127 Å². The minimum atomic E-state index is -0.774. The number of halogens is 1. The van der Waals surface area contributed by atoms with Crippen molar-refractivity contribution in [3.63, 3.8) is 0 Å². The molecular weight excluding hydrogens is 289 g/mol. The standard InChI is InChI=1S/C16H18FNO4/c17-13-3-1-2-11-6-14(22-15(11)13)16(20)18-7-12(19)9-21-8-10-4-5-10/h1-3,6,10,12,19H,4-5,7-9H2,(H,18,20). The van der Waals surface area contributed by atoms with Crippen molar-refractivity contribution in [2.75, 3.05) is 19.8 Å². The summed E-state index contributed by atoms with van der Waals surface area (Å²) < 4.78 is 24.1. The lowest BCUT2D eigenvalue weighted by Gasteiger charge is -2.11. The first kappa shape index (κ1) is 15.0. The molecule has 1 saturated carbocycles. The fourth-order valence-electron chi connectivity index (χ4n) is 2.15. The van der Waals surface area contributed by atoms with Gasteiger partial charge in [-0.2, -0.15) is 0 Å². The molecule has 1 aliphatic rings. The largest absolute Gasteiger partial charge is 0.448 e. The summed E-state index contributed by atoms with van der Waals surface area (Å²) in [6.45, 7) is 0.905. The van der Waals surface area contributed by atoms with Crippen LogP contribution in [0.2, 0.25) is 0 Å². The van der Waals surface area contributed by atoms with Crippen LogP contribution in [0.1, 0.15) is 23.4 Å². The Kier molecular flexibility index (Phi) is 4.40. The number of benzene rings is 1. The second-order valence-electron chi connectivity index (χ2n) is 5.61. The first-order valence-corrected chi connectivity index (χ1v) is 7.35. The highest BCUT2D eigenvalue weighted by Gasteiger charge is 2.22. The molecule has 1 amide bonds. The van der Waals surface area contributed by atoms with E-state index in [-0.39, 0.29) is 24.5 Å². The Balaban J connectivity index is 1.50. The maximum Gasteiger partial charge on any atom is 0.287 e. The average molecular weight is 307 g/mol. The van der Waals surface area contributed by atoms with Crippen molar-refractivity contribution in [2.24, 2.45) is 5.92 Å². The third-order valence-electron chi connectivity index (χ3n) is 3.58. The molecule has 1 aromatic heterocycles. The number of amides is 1. The Morgan fingerprint density at radius 2 is 2.32 bits per heavy atom. The van der Waals surface area contributed by atoms with E-state index < -0.39 is 17.8 Å². The smallest absolute Gasteiger partial charge is 0.287 e. The van der Waals surface area contributed by atoms with Crippen LogP contribution in [0.25, 0.3) is 11.0 Å². The predicted molar refractivity (Wildman–Crippen MR) is 78.1 cm³/mol. The average Bonchev–Trinajstić information content (AvgIpc) is 3.21. The number of hydrogen-bond acceptors (Lipinski definition) is 4. The molecule has 0 bridgehead atoms. The van der Waals surface area contributed by atoms with Gasteiger partial charge < -0.3 is 19.6 Å². The number of furan rings is 1. The third-order valence-corrected chi connectivity index (χ3v) is 3.58. The molecule has 0 saturated heterocycles. The first-order chi connectivity index (χ1) is 10.6. The molecule has 0 radical (unpaired) electrons. The summed E-state index contributed by atoms with van der Waals surface area (Å²) in [6.07, 6.45) is 1.61. The Morgan fingerprint density at radius 1 is 1.50 bits per heavy atom. The van der Waals surface area contributed by atoms with Crippen molar-refractivity contribution in [1.29, 1.82) is 0 Å². The van der Waals surface area contributed by atoms with E-state index in [0.717, 1.165) is 0 Å². The van der Waals surface area contributed by atoms with Crippen LogP contribution in [-0.4, -0.2) is 36.9 Å². The van der Waals surface area contributed by atoms with Crippen LogP contribution in [0.4, 0.5) is 4.39 Å². The first-order valence-electron chi connectivity index (χ1n) is 7.35. The molecule has 1 aromatic carbocycles. The lowest BCUT2D eigenvalue weighted by atomic mass is 10.2. The molecule has 1 heterocycles. The zero-order valence-electron chi connectivity index (χ0n) is 12.0. The second-order valence-corrected chi connectivity index (χ2v) is 5.61. The topological polar surface area (TPSA) is 71.7 Å². The van der Waals surface area contributed by atoms with Crippen LogP contribution in [0.15, 0.2) is 28.7 Å². The van der Waals surface area contributed by atoms with Gasteiger partial charge in [0.1, 0.15) is 0 Å². The van der Waals surface area contributed by atoms with Gasteiger partial charge in [-0.3, -0.25) is 4.79 Å². The van der Waals surface area contributed by atoms with Crippen molar-refractivity contribution in [2.45, 2.75) is 18.9 Å². The molecule has 6 heteroatoms. The molecule has 2 aromatic rings. The predicted octanol–water partition coefficient (Wildman–Crippen LogP) is 2.09. The normalized spacial score (nSPS) is 15.9. The monoisotopic (exact) mass is 307 g/mol. The van der Waals surface area contributed by atoms with Crippen LogP contribution < -0.4 is 5.32 Å². The van der Waals surface area contributed by atoms with Crippen molar-refractivity contribution in [3.05, 3.63) is 35.8 Å². The molecule has 3 rings (SSSR count). The summed E-state index contributed by atoms with van der Waals surface area (Å²) in [7, 11) is 0. The lowest BCUT2D eigenvalue weighted by molar-refractivity contribution is 0.0319. The van der Waals surface area contributed by atoms with Crippen LogP contribution in [0.5, 0.6) is 0 Å². The number of ether oxygens (including phenoxy) is 1. The molecule has 1 aliphatic carbocycles. The Hall–Kier alpha value is -1.92. The number of aliphatic hydroxyl groups excluding tert-OH is 1. The van der Waals surface area contributed by atoms with Crippen LogP contribution in [0.3, 0.4) is 0 Å². The van der Waals surface area contributed by atoms with Crippen LogP contribution in [-0.2, 0) is 4.74 Å². The Morgan fingerprint density at radius 3 is 3.05 bits per heavy atom. The quantitative estimate of drug-likeness (QED) is 0.821. The van der Waals surface area contributed by atoms with Gasteiger partial charge in [0, 0.05) is 18.5 Å². The van der Waals surface area contributed by atoms with E-state index in [2.05, 4.69) is 5.32 Å². The van der Waals surface area contributed by atoms with Crippen molar-refractivity contribution in [1.82, 2.24) is 5.32 Å². The van der Waals surface area contributed by atoms with Gasteiger partial charge in [0.25, 0.3) is 5.91 Å². The fraction of sp³-hybridized carbons (Fsp3) is 0.438. The van der Waals surface area contributed by atoms with E-state index in [0.29, 0.717) is 17.9 Å². The molecule has 2 N–H and O–H groups in total. The van der Waals surface area contributed by atoms with Gasteiger partial charge in [-0.15, -0.1) is 0 Å². The SMILES string of the molecule is O=C(NCC(O)COCC1CC1)c1cc2cccc(F)c2o1. The number of nitrogens with one attached hydrogen (secondary N) is 1. The number of aliphatic hydroxyl groups is 1. The molecule has 118 valence electrons. The summed E-state index contributed by atoms with van der Waals surface area (Å²) in [5.74, 6) is -0.347. The summed E-state index contributed by atoms with van der Waals surface area (Å²) in [5, 5.41) is 12.8. The van der Waals surface area contributed by atoms with E-state index in [1.807, 2.05) is 0 Å². The molecule has 1 atom stereocenters. The minimum Gasteiger partial charge on any atom is -0.448 e. The molecule has 5 nitrogen and oxygen atoms in total. The fourth-order valence-corrected chi connectivity index (χ4v) is 2.15. The van der Waals surface area contributed by atoms with E-state index in [1.165, 1.54) is 25.0 Å². The highest BCUT2D eigenvalue weighted by molar-refractivity contribution is 5.96. The highest BCUT2D eigenvalue weighted by Crippen LogP contribution is 2.28. The van der Waals surface area contributed by atoms with Gasteiger partial charge in [-0.1, -0.05) is 12.1 Å². The minimum absolute atomic E-state index is 0.0196. The zero-order chi connectivity index (χ0) is 15.5. The van der Waals surface area contributed by atoms with Gasteiger partial charge in [-0.05, 0) is 30.9 Å². The number of carbonyl (C=O) groups excluding carboxylic acids is 1. The summed E-state index contributed by atoms with van der Waals surface area (Å²) in [5.41, 5.74) is 0.0564. The van der Waals surface area contributed by atoms with Crippen molar-refractivity contribution >= 4 is 16.9 Å². The number of hydrogen-bond donors (Lipinski definition) is 2. The molecular formula is C16H18FNO4. The molecule has 1 fully saturated rings. The van der Waals surface area contributed by atoms with E-state index in [4.69, 9.17) is 9.15 Å². The number of carbonyl (C=O) groups is 1. The van der Waals surface area contributed by atoms with E-state index >= 15 is 0 Å². The lowest BCUT2D eigenvalue weighted by Crippen LogP contribution is -2.34. The maximum absolute atomic E-state index is 13.5. The number of rotatable bonds is 7. The molecule has 0 spiro atoms. The van der Waals surface area contributed by atoms with Gasteiger partial charge in [0.05, 0.1) is 12.7 Å². The number of fused-ring (bicyclic) bond motifs is 1. The highest BCUT2D eigenvalue weighted by atomic mass is 19.1. The Bertz CT molecular complexity index is 665. The molecule has 0 aliphatic heterocycles. The van der Waals surface area contributed by atoms with Crippen LogP contribution in [0, 0.1) is 11.7 Å². The van der Waals surface area contributed by atoms with Gasteiger partial charge in [0.2, 0.25) is 0 Å². The van der Waals surface area contributed by atoms with Gasteiger partial charge >= 0.3 is 0 Å². The third kappa shape index (κ3) is 3.64. The molecule has 1 unspecified atom stereocenters. The number of para-hydroxylation sites is 1. The van der Waals surface area contributed by atoms with Gasteiger partial charge in [0.15, 0.2) is 17.2 Å². The summed E-state index contributed by atoms with van der Waals surface area (Å²) >= 11 is 0.